The maximum Gasteiger partial charge on any atom is 0.252 e. The minimum atomic E-state index is -0.0442. The van der Waals surface area contributed by atoms with Crippen molar-refractivity contribution in [3.63, 3.8) is 0 Å². The van der Waals surface area contributed by atoms with Crippen molar-refractivity contribution in [1.29, 1.82) is 0 Å². The Morgan fingerprint density at radius 2 is 2.19 bits per heavy atom. The van der Waals surface area contributed by atoms with Crippen LogP contribution in [-0.2, 0) is 4.74 Å². The van der Waals surface area contributed by atoms with Gasteiger partial charge in [0.25, 0.3) is 5.91 Å². The van der Waals surface area contributed by atoms with Gasteiger partial charge in [-0.2, -0.15) is 0 Å². The number of hydrogen-bond donors (Lipinski definition) is 1. The van der Waals surface area contributed by atoms with Crippen molar-refractivity contribution in [3.05, 3.63) is 40.5 Å². The second-order valence-corrected chi connectivity index (χ2v) is 8.58. The number of pyridine rings is 1. The third-order valence-corrected chi connectivity index (χ3v) is 6.40. The first-order valence-electron chi connectivity index (χ1n) is 9.81. The van der Waals surface area contributed by atoms with E-state index < -0.39 is 0 Å². The number of hydrogen-bond acceptors (Lipinski definition) is 4. The number of nitrogens with zero attached hydrogens (tertiary/aromatic N) is 2. The molecule has 1 N–H and O–H groups in total. The molecule has 2 saturated heterocycles. The van der Waals surface area contributed by atoms with Gasteiger partial charge >= 0.3 is 0 Å². The van der Waals surface area contributed by atoms with Crippen LogP contribution in [0.5, 0.6) is 0 Å². The molecule has 0 radical (unpaired) electrons. The molecule has 1 aromatic carbocycles. The number of halogens is 1. The Hall–Kier alpha value is -1.69. The van der Waals surface area contributed by atoms with E-state index >= 15 is 0 Å². The average Bonchev–Trinajstić information content (AvgIpc) is 3.42. The van der Waals surface area contributed by atoms with Crippen LogP contribution in [0.25, 0.3) is 10.9 Å². The van der Waals surface area contributed by atoms with Crippen LogP contribution in [0.2, 0.25) is 5.02 Å². The first-order valence-corrected chi connectivity index (χ1v) is 10.2. The Labute approximate surface area is 164 Å². The van der Waals surface area contributed by atoms with Crippen molar-refractivity contribution in [2.24, 2.45) is 5.92 Å². The van der Waals surface area contributed by atoms with Crippen LogP contribution in [0.4, 0.5) is 0 Å². The highest BCUT2D eigenvalue weighted by Gasteiger charge is 2.42. The molecule has 1 amide bonds. The van der Waals surface area contributed by atoms with Crippen molar-refractivity contribution in [3.8, 4) is 0 Å². The quantitative estimate of drug-likeness (QED) is 0.881. The lowest BCUT2D eigenvalue weighted by Crippen LogP contribution is -2.47. The van der Waals surface area contributed by atoms with Crippen LogP contribution in [-0.4, -0.2) is 53.7 Å². The molecule has 1 saturated carbocycles. The summed E-state index contributed by atoms with van der Waals surface area (Å²) in [5.41, 5.74) is 2.14. The van der Waals surface area contributed by atoms with E-state index in [2.05, 4.69) is 15.2 Å². The van der Waals surface area contributed by atoms with Gasteiger partial charge in [-0.25, -0.2) is 0 Å². The molecular formula is C21H24ClN3O2. The zero-order valence-corrected chi connectivity index (χ0v) is 16.2. The summed E-state index contributed by atoms with van der Waals surface area (Å²) in [6, 6.07) is 8.02. The number of morpholine rings is 1. The van der Waals surface area contributed by atoms with E-state index in [1.165, 1.54) is 12.8 Å². The third kappa shape index (κ3) is 3.33. The Bertz CT molecular complexity index is 898. The van der Waals surface area contributed by atoms with Crippen molar-refractivity contribution < 1.29 is 9.53 Å². The molecule has 3 atom stereocenters. The maximum atomic E-state index is 13.0. The predicted octanol–water partition coefficient (Wildman–Crippen LogP) is 3.18. The van der Waals surface area contributed by atoms with Crippen LogP contribution in [0.15, 0.2) is 24.3 Å². The van der Waals surface area contributed by atoms with E-state index in [0.717, 1.165) is 43.1 Å². The summed E-state index contributed by atoms with van der Waals surface area (Å²) >= 11 is 6.29. The molecule has 3 fully saturated rings. The Morgan fingerprint density at radius 3 is 3.00 bits per heavy atom. The van der Waals surface area contributed by atoms with Crippen molar-refractivity contribution >= 4 is 28.4 Å². The van der Waals surface area contributed by atoms with E-state index in [-0.39, 0.29) is 11.9 Å². The normalized spacial score (nSPS) is 28.3. The summed E-state index contributed by atoms with van der Waals surface area (Å²) in [6.45, 7) is 4.60. The van der Waals surface area contributed by atoms with E-state index in [1.807, 2.05) is 31.2 Å². The number of aryl methyl sites for hydroxylation is 1. The third-order valence-electron chi connectivity index (χ3n) is 6.09. The lowest BCUT2D eigenvalue weighted by molar-refractivity contribution is -0.0581. The summed E-state index contributed by atoms with van der Waals surface area (Å²) in [7, 11) is 0. The Kier molecular flexibility index (Phi) is 4.34. The number of carbonyl (C=O) groups excluding carboxylic acids is 1. The zero-order valence-electron chi connectivity index (χ0n) is 15.5. The summed E-state index contributed by atoms with van der Waals surface area (Å²) in [5, 5.41) is 4.62. The van der Waals surface area contributed by atoms with Crippen molar-refractivity contribution in [1.82, 2.24) is 15.2 Å². The van der Waals surface area contributed by atoms with Gasteiger partial charge in [0.1, 0.15) is 0 Å². The second-order valence-electron chi connectivity index (χ2n) is 8.17. The highest BCUT2D eigenvalue weighted by Crippen LogP contribution is 2.38. The summed E-state index contributed by atoms with van der Waals surface area (Å²) in [4.78, 5) is 20.0. The van der Waals surface area contributed by atoms with Crippen molar-refractivity contribution in [2.45, 2.75) is 44.4 Å². The van der Waals surface area contributed by atoms with Gasteiger partial charge in [-0.05, 0) is 44.2 Å². The van der Waals surface area contributed by atoms with Crippen LogP contribution in [0.3, 0.4) is 0 Å². The minimum absolute atomic E-state index is 0.0442. The fraction of sp³-hybridized carbons (Fsp3) is 0.524. The number of para-hydroxylation sites is 1. The molecule has 2 aliphatic heterocycles. The van der Waals surface area contributed by atoms with Gasteiger partial charge in [0.05, 0.1) is 28.8 Å². The van der Waals surface area contributed by atoms with E-state index in [4.69, 9.17) is 16.3 Å². The summed E-state index contributed by atoms with van der Waals surface area (Å²) < 4.78 is 6.06. The highest BCUT2D eigenvalue weighted by molar-refractivity contribution is 6.35. The van der Waals surface area contributed by atoms with Crippen LogP contribution >= 0.6 is 11.6 Å². The Balaban J connectivity index is 1.33. The molecule has 6 heteroatoms. The number of carbonyl (C=O) groups is 1. The molecule has 3 heterocycles. The van der Waals surface area contributed by atoms with E-state index in [1.54, 1.807) is 0 Å². The predicted molar refractivity (Wildman–Crippen MR) is 105 cm³/mol. The fourth-order valence-electron chi connectivity index (χ4n) is 4.55. The lowest BCUT2D eigenvalue weighted by Gasteiger charge is -2.35. The van der Waals surface area contributed by atoms with E-state index in [0.29, 0.717) is 28.2 Å². The average molecular weight is 386 g/mol. The second kappa shape index (κ2) is 6.73. The van der Waals surface area contributed by atoms with Crippen LogP contribution in [0.1, 0.15) is 35.3 Å². The first-order chi connectivity index (χ1) is 13.1. The Morgan fingerprint density at radius 1 is 1.33 bits per heavy atom. The summed E-state index contributed by atoms with van der Waals surface area (Å²) in [5.74, 6) is 0.716. The topological polar surface area (TPSA) is 54.5 Å². The molecule has 2 aromatic rings. The highest BCUT2D eigenvalue weighted by atomic mass is 35.5. The van der Waals surface area contributed by atoms with Gasteiger partial charge in [-0.1, -0.05) is 23.7 Å². The molecule has 3 aliphatic rings. The molecule has 5 nitrogen and oxygen atoms in total. The van der Waals surface area contributed by atoms with Gasteiger partial charge in [0.15, 0.2) is 0 Å². The van der Waals surface area contributed by atoms with E-state index in [9.17, 15) is 4.79 Å². The SMILES string of the molecule is Cc1cc(C(=O)N[C@H]2C[C@H]3CO[C@@H](C4CC4)CN3C2)c2cccc(Cl)c2n1. The standard InChI is InChI=1S/C21H24ClN3O2/c1-12-7-17(16-3-2-4-18(22)20(16)23-12)21(26)24-14-8-15-11-27-19(13-5-6-13)10-25(15)9-14/h2-4,7,13-15,19H,5-6,8-11H2,1H3,(H,24,26)/t14-,15-,19+/m0/s1. The van der Waals surface area contributed by atoms with Gasteiger partial charge in [0, 0.05) is 36.3 Å². The fourth-order valence-corrected chi connectivity index (χ4v) is 4.77. The zero-order chi connectivity index (χ0) is 18.5. The molecule has 0 unspecified atom stereocenters. The van der Waals surface area contributed by atoms with Crippen molar-refractivity contribution in [2.75, 3.05) is 19.7 Å². The largest absolute Gasteiger partial charge is 0.375 e. The van der Waals surface area contributed by atoms with Gasteiger partial charge in [-0.3, -0.25) is 14.7 Å². The molecule has 0 bridgehead atoms. The van der Waals surface area contributed by atoms with Gasteiger partial charge in [0.2, 0.25) is 0 Å². The molecule has 0 spiro atoms. The number of fused-ring (bicyclic) bond motifs is 2. The summed E-state index contributed by atoms with van der Waals surface area (Å²) in [6.07, 6.45) is 3.96. The number of amides is 1. The molecule has 1 aliphatic carbocycles. The first kappa shape index (κ1) is 17.4. The molecule has 1 aromatic heterocycles. The monoisotopic (exact) mass is 385 g/mol. The number of rotatable bonds is 3. The van der Waals surface area contributed by atoms with Crippen LogP contribution < -0.4 is 5.32 Å². The number of benzene rings is 1. The molecule has 142 valence electrons. The molecule has 27 heavy (non-hydrogen) atoms. The minimum Gasteiger partial charge on any atom is -0.375 e. The van der Waals surface area contributed by atoms with Gasteiger partial charge in [-0.15, -0.1) is 0 Å². The maximum absolute atomic E-state index is 13.0. The molecular weight excluding hydrogens is 362 g/mol. The number of aromatic nitrogens is 1. The smallest absolute Gasteiger partial charge is 0.252 e. The van der Waals surface area contributed by atoms with Crippen LogP contribution in [0, 0.1) is 12.8 Å². The van der Waals surface area contributed by atoms with Gasteiger partial charge < -0.3 is 10.1 Å². The number of nitrogens with one attached hydrogen (secondary N) is 1. The lowest BCUT2D eigenvalue weighted by atomic mass is 10.1. The molecule has 5 rings (SSSR count). The number of ether oxygens (including phenoxy) is 1.